The van der Waals surface area contributed by atoms with Crippen molar-refractivity contribution in [2.45, 2.75) is 64.1 Å². The Morgan fingerprint density at radius 2 is 1.80 bits per heavy atom. The van der Waals surface area contributed by atoms with E-state index in [0.717, 1.165) is 25.7 Å². The van der Waals surface area contributed by atoms with E-state index in [-0.39, 0.29) is 48.4 Å². The summed E-state index contributed by atoms with van der Waals surface area (Å²) in [5.74, 6) is -0.233. The lowest BCUT2D eigenvalue weighted by molar-refractivity contribution is 0.0368. The first-order valence-electron chi connectivity index (χ1n) is 14.1. The molecule has 1 saturated carbocycles. The second-order valence-corrected chi connectivity index (χ2v) is 10.9. The van der Waals surface area contributed by atoms with Crippen molar-refractivity contribution in [3.63, 3.8) is 0 Å². The summed E-state index contributed by atoms with van der Waals surface area (Å²) in [4.78, 5) is 42.8. The van der Waals surface area contributed by atoms with Crippen molar-refractivity contribution in [1.29, 1.82) is 0 Å². The number of para-hydroxylation sites is 2. The lowest BCUT2D eigenvalue weighted by Gasteiger charge is -2.38. The molecule has 0 unspecified atom stereocenters. The smallest absolute Gasteiger partial charge is 0.323 e. The summed E-state index contributed by atoms with van der Waals surface area (Å²) in [7, 11) is 1.74. The van der Waals surface area contributed by atoms with Crippen LogP contribution < -0.4 is 20.7 Å². The van der Waals surface area contributed by atoms with E-state index in [1.807, 2.05) is 25.1 Å². The molecule has 5 amide bonds. The van der Waals surface area contributed by atoms with Crippen LogP contribution in [0.3, 0.4) is 0 Å². The van der Waals surface area contributed by atoms with Crippen LogP contribution in [0.1, 0.15) is 56.3 Å². The van der Waals surface area contributed by atoms with E-state index >= 15 is 0 Å². The lowest BCUT2D eigenvalue weighted by Crippen LogP contribution is -2.52. The molecule has 2 aliphatic rings. The highest BCUT2D eigenvalue weighted by atomic mass is 16.5. The van der Waals surface area contributed by atoms with Crippen LogP contribution in [0.2, 0.25) is 0 Å². The molecule has 10 heteroatoms. The summed E-state index contributed by atoms with van der Waals surface area (Å²) in [5, 5.41) is 18.7. The predicted molar refractivity (Wildman–Crippen MR) is 155 cm³/mol. The standard InChI is InChI=1S/C30H41N5O5/c1-20-17-35(21(2)19-36)28(37)24-15-10-16-25(33-29(38)31-22-11-6-4-7-12-22)27(24)40-26(20)18-34(3)30(39)32-23-13-8-5-9-14-23/h4,6-7,10-12,15-16,20-21,23,26,36H,5,8-9,13-14,17-19H2,1-3H3,(H,32,39)(H2,31,33,38)/t20-,21+,26-/m0/s1. The van der Waals surface area contributed by atoms with Crippen LogP contribution in [-0.4, -0.2) is 77.8 Å². The molecule has 0 spiro atoms. The van der Waals surface area contributed by atoms with Gasteiger partial charge in [0.15, 0.2) is 5.75 Å². The molecule has 0 saturated heterocycles. The summed E-state index contributed by atoms with van der Waals surface area (Å²) in [6.45, 7) is 4.18. The van der Waals surface area contributed by atoms with E-state index < -0.39 is 18.2 Å². The fraction of sp³-hybridized carbons (Fsp3) is 0.500. The van der Waals surface area contributed by atoms with Gasteiger partial charge < -0.3 is 35.6 Å². The summed E-state index contributed by atoms with van der Waals surface area (Å²) >= 11 is 0. The molecule has 0 radical (unpaired) electrons. The molecule has 216 valence electrons. The number of amides is 5. The Kier molecular flexibility index (Phi) is 9.87. The zero-order valence-electron chi connectivity index (χ0n) is 23.6. The van der Waals surface area contributed by atoms with Gasteiger partial charge in [0, 0.05) is 31.2 Å². The Balaban J connectivity index is 1.59. The monoisotopic (exact) mass is 551 g/mol. The average molecular weight is 552 g/mol. The molecule has 40 heavy (non-hydrogen) atoms. The number of carbonyl (C=O) groups excluding carboxylic acids is 3. The van der Waals surface area contributed by atoms with Gasteiger partial charge in [0.25, 0.3) is 5.91 Å². The summed E-state index contributed by atoms with van der Waals surface area (Å²) in [5.41, 5.74) is 1.24. The molecule has 1 aliphatic carbocycles. The van der Waals surface area contributed by atoms with E-state index in [4.69, 9.17) is 4.74 Å². The first-order valence-corrected chi connectivity index (χ1v) is 14.1. The molecule has 2 aromatic rings. The predicted octanol–water partition coefficient (Wildman–Crippen LogP) is 4.52. The van der Waals surface area contributed by atoms with Crippen LogP contribution >= 0.6 is 0 Å². The Bertz CT molecular complexity index is 1170. The third-order valence-corrected chi connectivity index (χ3v) is 7.70. The summed E-state index contributed by atoms with van der Waals surface area (Å²) in [6, 6.07) is 13.2. The maximum Gasteiger partial charge on any atom is 0.323 e. The van der Waals surface area contributed by atoms with Crippen molar-refractivity contribution in [1.82, 2.24) is 15.1 Å². The van der Waals surface area contributed by atoms with Crippen molar-refractivity contribution in [2.24, 2.45) is 5.92 Å². The number of carbonyl (C=O) groups is 3. The third-order valence-electron chi connectivity index (χ3n) is 7.70. The summed E-state index contributed by atoms with van der Waals surface area (Å²) < 4.78 is 6.50. The number of hydrogen-bond acceptors (Lipinski definition) is 5. The van der Waals surface area contributed by atoms with Crippen molar-refractivity contribution in [3.05, 3.63) is 54.1 Å². The third kappa shape index (κ3) is 7.24. The van der Waals surface area contributed by atoms with Crippen LogP contribution in [0, 0.1) is 5.92 Å². The number of rotatable bonds is 7. The van der Waals surface area contributed by atoms with E-state index in [1.165, 1.54) is 6.42 Å². The van der Waals surface area contributed by atoms with Crippen LogP contribution in [-0.2, 0) is 0 Å². The molecular formula is C30H41N5O5. The first-order chi connectivity index (χ1) is 19.3. The van der Waals surface area contributed by atoms with Crippen LogP contribution in [0.5, 0.6) is 5.75 Å². The minimum absolute atomic E-state index is 0.157. The number of likely N-dealkylation sites (N-methyl/N-ethyl adjacent to an activating group) is 1. The number of ether oxygens (including phenoxy) is 1. The van der Waals surface area contributed by atoms with E-state index in [9.17, 15) is 19.5 Å². The van der Waals surface area contributed by atoms with Gasteiger partial charge in [0.2, 0.25) is 0 Å². The van der Waals surface area contributed by atoms with Gasteiger partial charge in [-0.15, -0.1) is 0 Å². The molecule has 1 heterocycles. The Hall–Kier alpha value is -3.79. The van der Waals surface area contributed by atoms with Gasteiger partial charge in [0.1, 0.15) is 6.10 Å². The van der Waals surface area contributed by atoms with Gasteiger partial charge in [-0.05, 0) is 44.0 Å². The Labute approximate surface area is 236 Å². The van der Waals surface area contributed by atoms with Crippen molar-refractivity contribution in [3.8, 4) is 5.75 Å². The minimum Gasteiger partial charge on any atom is -0.485 e. The number of nitrogens with one attached hydrogen (secondary N) is 3. The fourth-order valence-electron chi connectivity index (χ4n) is 5.25. The highest BCUT2D eigenvalue weighted by molar-refractivity contribution is 6.04. The molecule has 4 N–H and O–H groups in total. The second-order valence-electron chi connectivity index (χ2n) is 10.9. The normalized spacial score (nSPS) is 20.3. The Morgan fingerprint density at radius 1 is 1.07 bits per heavy atom. The SMILES string of the molecule is C[C@H](CO)N1C[C@H](C)[C@H](CN(C)C(=O)NC2CCCCC2)Oc2c(NC(=O)Nc3ccccc3)cccc2C1=O. The number of nitrogens with zero attached hydrogens (tertiary/aromatic N) is 2. The van der Waals surface area contributed by atoms with E-state index in [1.54, 1.807) is 54.1 Å². The average Bonchev–Trinajstić information content (AvgIpc) is 2.95. The largest absolute Gasteiger partial charge is 0.485 e. The number of benzene rings is 2. The summed E-state index contributed by atoms with van der Waals surface area (Å²) in [6.07, 6.45) is 4.93. The molecule has 0 bridgehead atoms. The number of aliphatic hydroxyl groups excluding tert-OH is 1. The quantitative estimate of drug-likeness (QED) is 0.403. The molecule has 0 aromatic heterocycles. The van der Waals surface area contributed by atoms with Crippen LogP contribution in [0.25, 0.3) is 0 Å². The van der Waals surface area contributed by atoms with Crippen LogP contribution in [0.15, 0.2) is 48.5 Å². The second kappa shape index (κ2) is 13.5. The number of fused-ring (bicyclic) bond motifs is 1. The zero-order valence-corrected chi connectivity index (χ0v) is 23.6. The van der Waals surface area contributed by atoms with Crippen molar-refractivity contribution >= 4 is 29.3 Å². The molecule has 4 rings (SSSR count). The topological polar surface area (TPSA) is 123 Å². The number of urea groups is 2. The van der Waals surface area contributed by atoms with Gasteiger partial charge >= 0.3 is 12.1 Å². The molecule has 10 nitrogen and oxygen atoms in total. The highest BCUT2D eigenvalue weighted by Crippen LogP contribution is 2.35. The maximum atomic E-state index is 13.7. The van der Waals surface area contributed by atoms with Crippen molar-refractivity contribution < 1.29 is 24.2 Å². The minimum atomic E-state index is -0.484. The van der Waals surface area contributed by atoms with Crippen molar-refractivity contribution in [2.75, 3.05) is 37.4 Å². The van der Waals surface area contributed by atoms with E-state index in [2.05, 4.69) is 16.0 Å². The highest BCUT2D eigenvalue weighted by Gasteiger charge is 2.35. The zero-order chi connectivity index (χ0) is 28.6. The first kappa shape index (κ1) is 29.2. The fourth-order valence-corrected chi connectivity index (χ4v) is 5.25. The van der Waals surface area contributed by atoms with Crippen LogP contribution in [0.4, 0.5) is 21.0 Å². The molecule has 1 fully saturated rings. The molecule has 1 aliphatic heterocycles. The number of anilines is 2. The molecular weight excluding hydrogens is 510 g/mol. The van der Waals surface area contributed by atoms with Gasteiger partial charge in [-0.3, -0.25) is 4.79 Å². The van der Waals surface area contributed by atoms with Gasteiger partial charge in [0.05, 0.1) is 30.4 Å². The number of hydrogen-bond donors (Lipinski definition) is 4. The number of aliphatic hydroxyl groups is 1. The van der Waals surface area contributed by atoms with Gasteiger partial charge in [-0.2, -0.15) is 0 Å². The molecule has 3 atom stereocenters. The lowest BCUT2D eigenvalue weighted by atomic mass is 9.96. The maximum absolute atomic E-state index is 13.7. The van der Waals surface area contributed by atoms with E-state index in [0.29, 0.717) is 17.9 Å². The van der Waals surface area contributed by atoms with Gasteiger partial charge in [-0.1, -0.05) is 50.5 Å². The van der Waals surface area contributed by atoms with Gasteiger partial charge in [-0.25, -0.2) is 9.59 Å². The molecule has 2 aromatic carbocycles. The Morgan fingerprint density at radius 3 is 2.50 bits per heavy atom.